The van der Waals surface area contributed by atoms with Crippen LogP contribution in [-0.2, 0) is 13.0 Å². The minimum atomic E-state index is -0.164. The van der Waals surface area contributed by atoms with Gasteiger partial charge in [0.05, 0.1) is 6.61 Å². The average molecular weight is 281 g/mol. The Morgan fingerprint density at radius 2 is 1.67 bits per heavy atom. The standard InChI is InChI=1S/C17H15NO3/c19-11-15-12-20-17(18-15)21-16-8-6-14(7-9-16)10-13-4-2-1-3-5-13/h1-9,12,19H,10-11H2. The zero-order valence-electron chi connectivity index (χ0n) is 11.4. The number of ether oxygens (including phenoxy) is 1. The second-order valence-electron chi connectivity index (χ2n) is 4.67. The number of aliphatic hydroxyl groups is 1. The van der Waals surface area contributed by atoms with Crippen LogP contribution in [-0.4, -0.2) is 10.1 Å². The summed E-state index contributed by atoms with van der Waals surface area (Å²) >= 11 is 0. The Labute approximate surface area is 122 Å². The summed E-state index contributed by atoms with van der Waals surface area (Å²) in [5.74, 6) is 0.651. The fourth-order valence-corrected chi connectivity index (χ4v) is 2.02. The summed E-state index contributed by atoms with van der Waals surface area (Å²) in [6.45, 7) is -0.164. The van der Waals surface area contributed by atoms with E-state index in [2.05, 4.69) is 17.1 Å². The van der Waals surface area contributed by atoms with Gasteiger partial charge in [0.25, 0.3) is 0 Å². The molecule has 0 fully saturated rings. The highest BCUT2D eigenvalue weighted by Crippen LogP contribution is 2.21. The fraction of sp³-hybridized carbons (Fsp3) is 0.118. The van der Waals surface area contributed by atoms with Gasteiger partial charge in [-0.15, -0.1) is 0 Å². The number of hydrogen-bond donors (Lipinski definition) is 1. The van der Waals surface area contributed by atoms with Gasteiger partial charge in [0.2, 0.25) is 0 Å². The molecule has 0 aliphatic carbocycles. The minimum Gasteiger partial charge on any atom is -0.417 e. The fourth-order valence-electron chi connectivity index (χ4n) is 2.02. The van der Waals surface area contributed by atoms with Crippen molar-refractivity contribution in [2.75, 3.05) is 0 Å². The van der Waals surface area contributed by atoms with Gasteiger partial charge in [-0.2, -0.15) is 4.98 Å². The molecule has 0 unspecified atom stereocenters. The Hall–Kier alpha value is -2.59. The SMILES string of the molecule is OCc1coc(Oc2ccc(Cc3ccccc3)cc2)n1. The molecule has 0 radical (unpaired) electrons. The molecule has 0 spiro atoms. The molecule has 106 valence electrons. The highest BCUT2D eigenvalue weighted by atomic mass is 16.6. The maximum atomic E-state index is 8.92. The number of oxazole rings is 1. The van der Waals surface area contributed by atoms with Crippen molar-refractivity contribution in [1.29, 1.82) is 0 Å². The van der Waals surface area contributed by atoms with Crippen LogP contribution >= 0.6 is 0 Å². The van der Waals surface area contributed by atoms with Gasteiger partial charge in [-0.1, -0.05) is 42.5 Å². The van der Waals surface area contributed by atoms with Gasteiger partial charge < -0.3 is 14.3 Å². The summed E-state index contributed by atoms with van der Waals surface area (Å²) in [5.41, 5.74) is 2.93. The van der Waals surface area contributed by atoms with E-state index in [-0.39, 0.29) is 12.7 Å². The zero-order valence-corrected chi connectivity index (χ0v) is 11.4. The van der Waals surface area contributed by atoms with E-state index in [0.29, 0.717) is 11.4 Å². The molecular formula is C17H15NO3. The van der Waals surface area contributed by atoms with Crippen LogP contribution in [0.2, 0.25) is 0 Å². The number of rotatable bonds is 5. The molecule has 1 heterocycles. The third-order valence-electron chi connectivity index (χ3n) is 3.07. The number of benzene rings is 2. The number of nitrogens with zero attached hydrogens (tertiary/aromatic N) is 1. The molecule has 0 saturated heterocycles. The van der Waals surface area contributed by atoms with Gasteiger partial charge in [-0.3, -0.25) is 0 Å². The number of hydrogen-bond acceptors (Lipinski definition) is 4. The van der Waals surface area contributed by atoms with E-state index >= 15 is 0 Å². The molecule has 0 amide bonds. The normalized spacial score (nSPS) is 10.5. The van der Waals surface area contributed by atoms with Crippen molar-refractivity contribution in [3.05, 3.63) is 77.7 Å². The predicted octanol–water partition coefficient (Wildman–Crippen LogP) is 3.55. The topological polar surface area (TPSA) is 55.5 Å². The Bertz CT molecular complexity index is 690. The smallest absolute Gasteiger partial charge is 0.399 e. The van der Waals surface area contributed by atoms with Crippen LogP contribution in [0.4, 0.5) is 0 Å². The van der Waals surface area contributed by atoms with E-state index in [9.17, 15) is 0 Å². The largest absolute Gasteiger partial charge is 0.417 e. The Morgan fingerprint density at radius 1 is 0.952 bits per heavy atom. The molecule has 0 bridgehead atoms. The van der Waals surface area contributed by atoms with Gasteiger partial charge >= 0.3 is 6.08 Å². The Kier molecular flexibility index (Phi) is 3.98. The van der Waals surface area contributed by atoms with E-state index in [1.165, 1.54) is 17.4 Å². The molecule has 3 aromatic rings. The lowest BCUT2D eigenvalue weighted by Gasteiger charge is -2.04. The third-order valence-corrected chi connectivity index (χ3v) is 3.07. The van der Waals surface area contributed by atoms with Crippen molar-refractivity contribution in [2.24, 2.45) is 0 Å². The molecule has 1 N–H and O–H groups in total. The van der Waals surface area contributed by atoms with E-state index < -0.39 is 0 Å². The second kappa shape index (κ2) is 6.24. The van der Waals surface area contributed by atoms with Gasteiger partial charge in [0.1, 0.15) is 17.7 Å². The van der Waals surface area contributed by atoms with Crippen LogP contribution in [0.25, 0.3) is 0 Å². The van der Waals surface area contributed by atoms with Crippen LogP contribution in [0.3, 0.4) is 0 Å². The highest BCUT2D eigenvalue weighted by molar-refractivity contribution is 5.32. The van der Waals surface area contributed by atoms with Crippen LogP contribution in [0, 0.1) is 0 Å². The van der Waals surface area contributed by atoms with Crippen LogP contribution in [0.15, 0.2) is 65.3 Å². The minimum absolute atomic E-state index is 0.134. The van der Waals surface area contributed by atoms with Crippen LogP contribution < -0.4 is 4.74 Å². The first-order valence-corrected chi connectivity index (χ1v) is 6.69. The summed E-state index contributed by atoms with van der Waals surface area (Å²) in [4.78, 5) is 3.98. The van der Waals surface area contributed by atoms with Crippen molar-refractivity contribution < 1.29 is 14.3 Å². The molecular weight excluding hydrogens is 266 g/mol. The molecule has 0 aliphatic heterocycles. The van der Waals surface area contributed by atoms with Crippen LogP contribution in [0.5, 0.6) is 11.8 Å². The van der Waals surface area contributed by atoms with Crippen molar-refractivity contribution in [2.45, 2.75) is 13.0 Å². The quantitative estimate of drug-likeness (QED) is 0.777. The molecule has 21 heavy (non-hydrogen) atoms. The predicted molar refractivity (Wildman–Crippen MR) is 78.2 cm³/mol. The molecule has 3 rings (SSSR count). The van der Waals surface area contributed by atoms with E-state index in [1.54, 1.807) is 0 Å². The summed E-state index contributed by atoms with van der Waals surface area (Å²) in [6.07, 6.45) is 2.39. The second-order valence-corrected chi connectivity index (χ2v) is 4.67. The maximum absolute atomic E-state index is 8.92. The van der Waals surface area contributed by atoms with Crippen molar-refractivity contribution in [3.8, 4) is 11.8 Å². The number of aromatic nitrogens is 1. The first kappa shape index (κ1) is 13.4. The third kappa shape index (κ3) is 3.49. The number of aliphatic hydroxyl groups excluding tert-OH is 1. The lowest BCUT2D eigenvalue weighted by Crippen LogP contribution is -1.89. The lowest BCUT2D eigenvalue weighted by atomic mass is 10.1. The first-order valence-electron chi connectivity index (χ1n) is 6.69. The molecule has 0 aliphatic rings. The van der Waals surface area contributed by atoms with E-state index in [4.69, 9.17) is 14.3 Å². The molecule has 0 atom stereocenters. The van der Waals surface area contributed by atoms with Gasteiger partial charge in [0, 0.05) is 0 Å². The summed E-state index contributed by atoms with van der Waals surface area (Å²) in [7, 11) is 0. The first-order chi connectivity index (χ1) is 10.3. The van der Waals surface area contributed by atoms with Gasteiger partial charge in [-0.05, 0) is 29.7 Å². The summed E-state index contributed by atoms with van der Waals surface area (Å²) in [5, 5.41) is 8.92. The monoisotopic (exact) mass is 281 g/mol. The Morgan fingerprint density at radius 3 is 2.33 bits per heavy atom. The van der Waals surface area contributed by atoms with E-state index in [1.807, 2.05) is 42.5 Å². The molecule has 4 heteroatoms. The Balaban J connectivity index is 1.66. The molecule has 1 aromatic heterocycles. The van der Waals surface area contributed by atoms with Gasteiger partial charge in [-0.25, -0.2) is 0 Å². The highest BCUT2D eigenvalue weighted by Gasteiger charge is 2.05. The maximum Gasteiger partial charge on any atom is 0.399 e. The summed E-state index contributed by atoms with van der Waals surface area (Å²) in [6, 6.07) is 18.1. The molecule has 4 nitrogen and oxygen atoms in total. The van der Waals surface area contributed by atoms with Crippen molar-refractivity contribution in [3.63, 3.8) is 0 Å². The average Bonchev–Trinajstić information content (AvgIpc) is 2.98. The van der Waals surface area contributed by atoms with Crippen LogP contribution in [0.1, 0.15) is 16.8 Å². The lowest BCUT2D eigenvalue weighted by molar-refractivity contribution is 0.276. The molecule has 2 aromatic carbocycles. The van der Waals surface area contributed by atoms with Crippen molar-refractivity contribution in [1.82, 2.24) is 4.98 Å². The molecule has 0 saturated carbocycles. The van der Waals surface area contributed by atoms with Gasteiger partial charge in [0.15, 0.2) is 0 Å². The zero-order chi connectivity index (χ0) is 14.5. The van der Waals surface area contributed by atoms with E-state index in [0.717, 1.165) is 6.42 Å². The summed E-state index contributed by atoms with van der Waals surface area (Å²) < 4.78 is 10.6. The van der Waals surface area contributed by atoms with Crippen molar-refractivity contribution >= 4 is 0 Å².